The van der Waals surface area contributed by atoms with Crippen molar-refractivity contribution in [1.29, 1.82) is 0 Å². The van der Waals surface area contributed by atoms with Crippen molar-refractivity contribution in [3.8, 4) is 0 Å². The van der Waals surface area contributed by atoms with E-state index in [-0.39, 0.29) is 0 Å². The van der Waals surface area contributed by atoms with E-state index in [9.17, 15) is 0 Å². The topological polar surface area (TPSA) is 16.1 Å². The highest BCUT2D eigenvalue weighted by molar-refractivity contribution is 6.17. The van der Waals surface area contributed by atoms with Gasteiger partial charge >= 0.3 is 0 Å². The molecule has 0 spiro atoms. The summed E-state index contributed by atoms with van der Waals surface area (Å²) in [5.74, 6) is 1.65. The zero-order valence-electron chi connectivity index (χ0n) is 8.95. The van der Waals surface area contributed by atoms with Gasteiger partial charge in [0.2, 0.25) is 0 Å². The second-order valence-electron chi connectivity index (χ2n) is 4.06. The normalized spacial score (nSPS) is 17.5. The summed E-state index contributed by atoms with van der Waals surface area (Å²) < 4.78 is 0. The van der Waals surface area contributed by atoms with Crippen molar-refractivity contribution >= 4 is 17.4 Å². The molecule has 2 heterocycles. The first kappa shape index (κ1) is 10.7. The monoisotopic (exact) mass is 224 g/mol. The van der Waals surface area contributed by atoms with E-state index in [2.05, 4.69) is 22.0 Å². The Morgan fingerprint density at radius 2 is 1.87 bits per heavy atom. The maximum atomic E-state index is 5.74. The van der Waals surface area contributed by atoms with Gasteiger partial charge in [0.15, 0.2) is 0 Å². The van der Waals surface area contributed by atoms with E-state index in [0.29, 0.717) is 5.88 Å². The van der Waals surface area contributed by atoms with E-state index in [4.69, 9.17) is 11.6 Å². The molecule has 0 atom stereocenters. The second-order valence-corrected chi connectivity index (χ2v) is 4.33. The van der Waals surface area contributed by atoms with Gasteiger partial charge in [0, 0.05) is 25.2 Å². The minimum absolute atomic E-state index is 0.549. The largest absolute Gasteiger partial charge is 0.357 e. The number of halogens is 1. The van der Waals surface area contributed by atoms with Crippen molar-refractivity contribution in [3.05, 3.63) is 23.9 Å². The SMILES string of the molecule is ClCc1ccc(N2CCCCCC2)nc1. The molecule has 15 heavy (non-hydrogen) atoms. The third-order valence-electron chi connectivity index (χ3n) is 2.89. The maximum Gasteiger partial charge on any atom is 0.128 e. The van der Waals surface area contributed by atoms with E-state index in [1.165, 1.54) is 25.7 Å². The number of nitrogens with zero attached hydrogens (tertiary/aromatic N) is 2. The van der Waals surface area contributed by atoms with Crippen LogP contribution < -0.4 is 4.90 Å². The molecule has 2 nitrogen and oxygen atoms in total. The zero-order chi connectivity index (χ0) is 10.5. The molecule has 0 aliphatic carbocycles. The van der Waals surface area contributed by atoms with Gasteiger partial charge in [-0.15, -0.1) is 11.6 Å². The number of hydrogen-bond acceptors (Lipinski definition) is 2. The van der Waals surface area contributed by atoms with Crippen LogP contribution in [0.4, 0.5) is 5.82 Å². The molecular weight excluding hydrogens is 208 g/mol. The Kier molecular flexibility index (Phi) is 3.84. The summed E-state index contributed by atoms with van der Waals surface area (Å²) in [6, 6.07) is 4.16. The zero-order valence-corrected chi connectivity index (χ0v) is 9.71. The first-order valence-corrected chi connectivity index (χ1v) is 6.19. The van der Waals surface area contributed by atoms with Crippen LogP contribution in [0.5, 0.6) is 0 Å². The van der Waals surface area contributed by atoms with Crippen molar-refractivity contribution in [3.63, 3.8) is 0 Å². The van der Waals surface area contributed by atoms with Crippen LogP contribution in [0, 0.1) is 0 Å². The van der Waals surface area contributed by atoms with Gasteiger partial charge in [-0.25, -0.2) is 4.98 Å². The van der Waals surface area contributed by atoms with Crippen molar-refractivity contribution in [1.82, 2.24) is 4.98 Å². The molecule has 0 N–H and O–H groups in total. The van der Waals surface area contributed by atoms with Crippen LogP contribution in [0.3, 0.4) is 0 Å². The Hall–Kier alpha value is -0.760. The molecule has 0 bridgehead atoms. The Bertz CT molecular complexity index is 289. The molecule has 0 radical (unpaired) electrons. The van der Waals surface area contributed by atoms with Crippen molar-refractivity contribution in [2.24, 2.45) is 0 Å². The molecule has 0 amide bonds. The van der Waals surface area contributed by atoms with Crippen LogP contribution in [0.25, 0.3) is 0 Å². The summed E-state index contributed by atoms with van der Waals surface area (Å²) in [6.45, 7) is 2.29. The number of anilines is 1. The van der Waals surface area contributed by atoms with Crippen LogP contribution in [0.15, 0.2) is 18.3 Å². The standard InChI is InChI=1S/C12H17ClN2/c13-9-11-5-6-12(14-10-11)15-7-3-1-2-4-8-15/h5-6,10H,1-4,7-9H2. The molecular formula is C12H17ClN2. The number of rotatable bonds is 2. The maximum absolute atomic E-state index is 5.74. The van der Waals surface area contributed by atoms with Crippen LogP contribution in [-0.2, 0) is 5.88 Å². The lowest BCUT2D eigenvalue weighted by molar-refractivity contribution is 0.726. The van der Waals surface area contributed by atoms with Crippen molar-refractivity contribution < 1.29 is 0 Å². The first-order chi connectivity index (χ1) is 7.40. The fourth-order valence-corrected chi connectivity index (χ4v) is 2.14. The molecule has 0 unspecified atom stereocenters. The number of aromatic nitrogens is 1. The lowest BCUT2D eigenvalue weighted by Gasteiger charge is -2.21. The smallest absolute Gasteiger partial charge is 0.128 e. The summed E-state index contributed by atoms with van der Waals surface area (Å²) in [5.41, 5.74) is 1.09. The summed E-state index contributed by atoms with van der Waals surface area (Å²) >= 11 is 5.74. The average molecular weight is 225 g/mol. The van der Waals surface area contributed by atoms with E-state index >= 15 is 0 Å². The lowest BCUT2D eigenvalue weighted by atomic mass is 10.2. The molecule has 1 saturated heterocycles. The van der Waals surface area contributed by atoms with Crippen LogP contribution in [-0.4, -0.2) is 18.1 Å². The predicted molar refractivity (Wildman–Crippen MR) is 64.5 cm³/mol. The van der Waals surface area contributed by atoms with Crippen molar-refractivity contribution in [2.45, 2.75) is 31.6 Å². The molecule has 1 aromatic rings. The number of pyridine rings is 1. The van der Waals surface area contributed by atoms with Gasteiger partial charge in [-0.3, -0.25) is 0 Å². The summed E-state index contributed by atoms with van der Waals surface area (Å²) in [6.07, 6.45) is 7.18. The molecule has 0 aromatic carbocycles. The van der Waals surface area contributed by atoms with E-state index < -0.39 is 0 Å². The number of alkyl halides is 1. The fourth-order valence-electron chi connectivity index (χ4n) is 1.98. The molecule has 1 aliphatic rings. The first-order valence-electron chi connectivity index (χ1n) is 5.66. The lowest BCUT2D eigenvalue weighted by Crippen LogP contribution is -2.24. The third-order valence-corrected chi connectivity index (χ3v) is 3.20. The minimum atomic E-state index is 0.549. The summed E-state index contributed by atoms with van der Waals surface area (Å²) in [7, 11) is 0. The minimum Gasteiger partial charge on any atom is -0.357 e. The molecule has 1 fully saturated rings. The van der Waals surface area contributed by atoms with Gasteiger partial charge in [-0.2, -0.15) is 0 Å². The quantitative estimate of drug-likeness (QED) is 0.718. The highest BCUT2D eigenvalue weighted by Gasteiger charge is 2.10. The van der Waals surface area contributed by atoms with Crippen molar-refractivity contribution in [2.75, 3.05) is 18.0 Å². The number of hydrogen-bond donors (Lipinski definition) is 0. The molecule has 3 heteroatoms. The second kappa shape index (κ2) is 5.36. The van der Waals surface area contributed by atoms with E-state index in [0.717, 1.165) is 24.5 Å². The Labute approximate surface area is 96.3 Å². The Balaban J connectivity index is 2.06. The third kappa shape index (κ3) is 2.85. The highest BCUT2D eigenvalue weighted by atomic mass is 35.5. The highest BCUT2D eigenvalue weighted by Crippen LogP contribution is 2.17. The van der Waals surface area contributed by atoms with E-state index in [1.54, 1.807) is 0 Å². The fraction of sp³-hybridized carbons (Fsp3) is 0.583. The van der Waals surface area contributed by atoms with Gasteiger partial charge in [0.05, 0.1) is 0 Å². The average Bonchev–Trinajstić information content (AvgIpc) is 2.58. The van der Waals surface area contributed by atoms with E-state index in [1.807, 2.05) is 6.20 Å². The molecule has 1 aliphatic heterocycles. The van der Waals surface area contributed by atoms with Crippen LogP contribution in [0.1, 0.15) is 31.2 Å². The van der Waals surface area contributed by atoms with Crippen LogP contribution >= 0.6 is 11.6 Å². The Morgan fingerprint density at radius 3 is 2.40 bits per heavy atom. The summed E-state index contributed by atoms with van der Waals surface area (Å²) in [4.78, 5) is 6.84. The summed E-state index contributed by atoms with van der Waals surface area (Å²) in [5, 5.41) is 0. The molecule has 0 saturated carbocycles. The van der Waals surface area contributed by atoms with Gasteiger partial charge in [-0.1, -0.05) is 18.9 Å². The Morgan fingerprint density at radius 1 is 1.13 bits per heavy atom. The molecule has 82 valence electrons. The van der Waals surface area contributed by atoms with Gasteiger partial charge in [0.1, 0.15) is 5.82 Å². The van der Waals surface area contributed by atoms with Gasteiger partial charge < -0.3 is 4.90 Å². The van der Waals surface area contributed by atoms with Gasteiger partial charge in [0.25, 0.3) is 0 Å². The molecule has 1 aromatic heterocycles. The van der Waals surface area contributed by atoms with Gasteiger partial charge in [-0.05, 0) is 24.5 Å². The van der Waals surface area contributed by atoms with Crippen LogP contribution in [0.2, 0.25) is 0 Å². The predicted octanol–water partition coefficient (Wildman–Crippen LogP) is 3.20. The molecule has 2 rings (SSSR count).